The molecule has 0 bridgehead atoms. The second-order valence-corrected chi connectivity index (χ2v) is 4.01. The molecular weight excluding hydrogens is 224 g/mol. The van der Waals surface area contributed by atoms with Crippen LogP contribution < -0.4 is 0 Å². The largest absolute Gasteiger partial charge is 0.395 e. The number of hydrogen-bond donors (Lipinski definition) is 2. The molecule has 0 radical (unpaired) electrons. The third-order valence-corrected chi connectivity index (χ3v) is 2.66. The van der Waals surface area contributed by atoms with Gasteiger partial charge in [0.05, 0.1) is 23.7 Å². The first-order valence-electron chi connectivity index (χ1n) is 5.17. The molecule has 0 amide bonds. The van der Waals surface area contributed by atoms with E-state index in [1.54, 1.807) is 19.0 Å². The molecule has 0 aromatic heterocycles. The number of nitro benzene ring substituents is 1. The number of hydrogen-bond acceptors (Lipinski definition) is 5. The van der Waals surface area contributed by atoms with Crippen molar-refractivity contribution in [2.45, 2.75) is 12.1 Å². The van der Waals surface area contributed by atoms with Crippen LogP contribution in [0.4, 0.5) is 5.69 Å². The summed E-state index contributed by atoms with van der Waals surface area (Å²) in [5.41, 5.74) is 0.523. The Hall–Kier alpha value is -1.50. The zero-order valence-electron chi connectivity index (χ0n) is 9.78. The highest BCUT2D eigenvalue weighted by atomic mass is 16.6. The Morgan fingerprint density at radius 1 is 1.35 bits per heavy atom. The van der Waals surface area contributed by atoms with Crippen LogP contribution in [0.25, 0.3) is 0 Å². The lowest BCUT2D eigenvalue weighted by molar-refractivity contribution is -0.384. The van der Waals surface area contributed by atoms with E-state index in [9.17, 15) is 15.2 Å². The molecule has 2 N–H and O–H groups in total. The Morgan fingerprint density at radius 2 is 1.88 bits per heavy atom. The van der Waals surface area contributed by atoms with Crippen LogP contribution in [-0.4, -0.2) is 46.8 Å². The van der Waals surface area contributed by atoms with Gasteiger partial charge in [0.1, 0.15) is 0 Å². The summed E-state index contributed by atoms with van der Waals surface area (Å²) in [5.74, 6) is 0. The predicted octanol–water partition coefficient (Wildman–Crippen LogP) is 0.551. The summed E-state index contributed by atoms with van der Waals surface area (Å²) in [6.07, 6.45) is -0.879. The number of non-ortho nitro benzene ring substituents is 1. The van der Waals surface area contributed by atoms with Gasteiger partial charge >= 0.3 is 0 Å². The minimum absolute atomic E-state index is 0.0219. The SMILES string of the molecule is CN(C)[C@H](CO)[C@@H](O)c1ccc([N+](=O)[O-])cc1. The Balaban J connectivity index is 2.88. The Kier molecular flexibility index (Phi) is 4.56. The highest BCUT2D eigenvalue weighted by Crippen LogP contribution is 2.22. The normalized spacial score (nSPS) is 14.6. The molecular formula is C11H16N2O4. The number of aliphatic hydroxyl groups is 2. The molecule has 6 nitrogen and oxygen atoms in total. The topological polar surface area (TPSA) is 86.8 Å². The van der Waals surface area contributed by atoms with E-state index in [0.29, 0.717) is 5.56 Å². The molecule has 2 atom stereocenters. The van der Waals surface area contributed by atoms with Crippen molar-refractivity contribution in [2.75, 3.05) is 20.7 Å². The summed E-state index contributed by atoms with van der Waals surface area (Å²) >= 11 is 0. The van der Waals surface area contributed by atoms with Gasteiger partial charge in [-0.15, -0.1) is 0 Å². The van der Waals surface area contributed by atoms with Crippen LogP contribution in [0.5, 0.6) is 0 Å². The first-order chi connectivity index (χ1) is 7.97. The van der Waals surface area contributed by atoms with Gasteiger partial charge in [-0.25, -0.2) is 0 Å². The summed E-state index contributed by atoms with van der Waals surface area (Å²) in [6, 6.07) is 5.23. The summed E-state index contributed by atoms with van der Waals surface area (Å²) in [6.45, 7) is -0.189. The summed E-state index contributed by atoms with van der Waals surface area (Å²) in [7, 11) is 3.49. The van der Waals surface area contributed by atoms with Gasteiger partial charge in [0, 0.05) is 12.1 Å². The van der Waals surface area contributed by atoms with Crippen LogP contribution in [0.1, 0.15) is 11.7 Å². The van der Waals surface area contributed by atoms with Crippen molar-refractivity contribution in [3.8, 4) is 0 Å². The smallest absolute Gasteiger partial charge is 0.269 e. The van der Waals surface area contributed by atoms with E-state index >= 15 is 0 Å². The number of benzene rings is 1. The summed E-state index contributed by atoms with van der Waals surface area (Å²) in [5, 5.41) is 29.6. The maximum absolute atomic E-state index is 10.5. The first-order valence-corrected chi connectivity index (χ1v) is 5.17. The van der Waals surface area contributed by atoms with Crippen LogP contribution >= 0.6 is 0 Å². The number of nitro groups is 1. The zero-order chi connectivity index (χ0) is 13.0. The van der Waals surface area contributed by atoms with Crippen molar-refractivity contribution in [1.29, 1.82) is 0 Å². The van der Waals surface area contributed by atoms with E-state index in [1.807, 2.05) is 0 Å². The molecule has 0 spiro atoms. The number of rotatable bonds is 5. The third kappa shape index (κ3) is 3.23. The molecule has 1 rings (SSSR count). The average molecular weight is 240 g/mol. The molecule has 0 saturated heterocycles. The number of likely N-dealkylation sites (N-methyl/N-ethyl adjacent to an activating group) is 1. The fraction of sp³-hybridized carbons (Fsp3) is 0.455. The molecule has 0 heterocycles. The van der Waals surface area contributed by atoms with Gasteiger partial charge in [-0.05, 0) is 31.8 Å². The van der Waals surface area contributed by atoms with Gasteiger partial charge in [-0.1, -0.05) is 0 Å². The number of nitrogens with zero attached hydrogens (tertiary/aromatic N) is 2. The highest BCUT2D eigenvalue weighted by Gasteiger charge is 2.22. The van der Waals surface area contributed by atoms with Crippen molar-refractivity contribution in [3.63, 3.8) is 0 Å². The fourth-order valence-electron chi connectivity index (χ4n) is 1.56. The van der Waals surface area contributed by atoms with E-state index in [0.717, 1.165) is 0 Å². The quantitative estimate of drug-likeness (QED) is 0.579. The van der Waals surface area contributed by atoms with Crippen LogP contribution in [0.3, 0.4) is 0 Å². The Bertz CT molecular complexity index is 378. The van der Waals surface area contributed by atoms with Gasteiger partial charge in [-0.3, -0.25) is 10.1 Å². The molecule has 0 aliphatic rings. The van der Waals surface area contributed by atoms with Crippen molar-refractivity contribution in [2.24, 2.45) is 0 Å². The molecule has 0 fully saturated rings. The Morgan fingerprint density at radius 3 is 2.24 bits per heavy atom. The van der Waals surface area contributed by atoms with Gasteiger partial charge < -0.3 is 15.1 Å². The van der Waals surface area contributed by atoms with Gasteiger partial charge in [-0.2, -0.15) is 0 Å². The second-order valence-electron chi connectivity index (χ2n) is 4.01. The van der Waals surface area contributed by atoms with Gasteiger partial charge in [0.15, 0.2) is 0 Å². The van der Waals surface area contributed by atoms with Crippen LogP contribution in [0.15, 0.2) is 24.3 Å². The van der Waals surface area contributed by atoms with Crippen LogP contribution in [0, 0.1) is 10.1 Å². The highest BCUT2D eigenvalue weighted by molar-refractivity contribution is 5.34. The molecule has 0 aliphatic heterocycles. The molecule has 94 valence electrons. The summed E-state index contributed by atoms with van der Waals surface area (Å²) < 4.78 is 0. The standard InChI is InChI=1S/C11H16N2O4/c1-12(2)10(7-14)11(15)8-3-5-9(6-4-8)13(16)17/h3-6,10-11,14-15H,7H2,1-2H3/t10-,11+/m1/s1. The molecule has 0 unspecified atom stereocenters. The lowest BCUT2D eigenvalue weighted by Crippen LogP contribution is -2.37. The number of aliphatic hydroxyl groups excluding tert-OH is 2. The van der Waals surface area contributed by atoms with Gasteiger partial charge in [0.2, 0.25) is 0 Å². The van der Waals surface area contributed by atoms with Crippen molar-refractivity contribution in [3.05, 3.63) is 39.9 Å². The lowest BCUT2D eigenvalue weighted by Gasteiger charge is -2.27. The molecule has 0 saturated carbocycles. The van der Waals surface area contributed by atoms with Gasteiger partial charge in [0.25, 0.3) is 5.69 Å². The second kappa shape index (κ2) is 5.72. The lowest BCUT2D eigenvalue weighted by atomic mass is 10.0. The minimum Gasteiger partial charge on any atom is -0.395 e. The summed E-state index contributed by atoms with van der Waals surface area (Å²) in [4.78, 5) is 11.7. The molecule has 6 heteroatoms. The molecule has 1 aromatic rings. The zero-order valence-corrected chi connectivity index (χ0v) is 9.78. The maximum atomic E-state index is 10.5. The predicted molar refractivity (Wildman–Crippen MR) is 62.6 cm³/mol. The van der Waals surface area contributed by atoms with Crippen LogP contribution in [-0.2, 0) is 0 Å². The van der Waals surface area contributed by atoms with Crippen LogP contribution in [0.2, 0.25) is 0 Å². The molecule has 1 aromatic carbocycles. The average Bonchev–Trinajstić information content (AvgIpc) is 2.29. The maximum Gasteiger partial charge on any atom is 0.269 e. The van der Waals surface area contributed by atoms with E-state index in [-0.39, 0.29) is 12.3 Å². The van der Waals surface area contributed by atoms with E-state index in [1.165, 1.54) is 24.3 Å². The molecule has 0 aliphatic carbocycles. The van der Waals surface area contributed by atoms with E-state index in [4.69, 9.17) is 5.11 Å². The Labute approximate surface area is 99.3 Å². The fourth-order valence-corrected chi connectivity index (χ4v) is 1.56. The van der Waals surface area contributed by atoms with Crippen molar-refractivity contribution >= 4 is 5.69 Å². The van der Waals surface area contributed by atoms with Crippen molar-refractivity contribution in [1.82, 2.24) is 4.90 Å². The van der Waals surface area contributed by atoms with Crippen molar-refractivity contribution < 1.29 is 15.1 Å². The first kappa shape index (κ1) is 13.6. The third-order valence-electron chi connectivity index (χ3n) is 2.66. The minimum atomic E-state index is -0.879. The monoisotopic (exact) mass is 240 g/mol. The van der Waals surface area contributed by atoms with E-state index in [2.05, 4.69) is 0 Å². The van der Waals surface area contributed by atoms with E-state index < -0.39 is 17.1 Å². The molecule has 17 heavy (non-hydrogen) atoms.